The lowest BCUT2D eigenvalue weighted by Gasteiger charge is -2.38. The van der Waals surface area contributed by atoms with Crippen LogP contribution < -0.4 is 10.2 Å². The van der Waals surface area contributed by atoms with Gasteiger partial charge in [-0.15, -0.1) is 0 Å². The fourth-order valence-corrected chi connectivity index (χ4v) is 3.93. The first-order valence-corrected chi connectivity index (χ1v) is 9.33. The molecule has 0 aliphatic carbocycles. The third-order valence-electron chi connectivity index (χ3n) is 5.39. The third kappa shape index (κ3) is 3.71. The van der Waals surface area contributed by atoms with Crippen molar-refractivity contribution in [2.45, 2.75) is 31.1 Å². The zero-order valence-electron chi connectivity index (χ0n) is 15.9. The summed E-state index contributed by atoms with van der Waals surface area (Å²) in [5.74, 6) is -2.69. The molecule has 0 bridgehead atoms. The quantitative estimate of drug-likeness (QED) is 0.586. The van der Waals surface area contributed by atoms with Gasteiger partial charge in [-0.3, -0.25) is 4.79 Å². The van der Waals surface area contributed by atoms with Gasteiger partial charge in [0.2, 0.25) is 0 Å². The van der Waals surface area contributed by atoms with E-state index in [0.717, 1.165) is 12.1 Å². The highest BCUT2D eigenvalue weighted by Crippen LogP contribution is 2.39. The van der Waals surface area contributed by atoms with Crippen LogP contribution in [0.4, 0.5) is 32.6 Å². The number of carbonyl (C=O) groups excluding carboxylic acids is 2. The Morgan fingerprint density at radius 1 is 1.00 bits per heavy atom. The number of nitrogens with zero attached hydrogens (tertiary/aromatic N) is 4. The van der Waals surface area contributed by atoms with Gasteiger partial charge in [-0.1, -0.05) is 0 Å². The second kappa shape index (κ2) is 7.52. The number of aromatic nitrogens is 2. The van der Waals surface area contributed by atoms with Gasteiger partial charge in [0, 0.05) is 12.6 Å². The first kappa shape index (κ1) is 21.1. The number of anilines is 1. The highest BCUT2D eigenvalue weighted by Gasteiger charge is 2.58. The summed E-state index contributed by atoms with van der Waals surface area (Å²) in [7, 11) is 0. The maximum Gasteiger partial charge on any atom is 0.434 e. The zero-order chi connectivity index (χ0) is 22.4. The standard InChI is InChI=1S/C19H16F5N5O2/c20-12-5-11(6-13(21)7-12)10-28-17(31)29(16(30)18(28)1-3-25-4-2-18)15-9-26-14(8-27-15)19(22,23)24/h5-9,25H,1-4,10H2. The van der Waals surface area contributed by atoms with Crippen LogP contribution in [0, 0.1) is 11.6 Å². The lowest BCUT2D eigenvalue weighted by molar-refractivity contribution is -0.141. The normalized spacial score (nSPS) is 18.9. The van der Waals surface area contributed by atoms with Crippen LogP contribution in [0.15, 0.2) is 30.6 Å². The zero-order valence-corrected chi connectivity index (χ0v) is 15.9. The topological polar surface area (TPSA) is 78.4 Å². The van der Waals surface area contributed by atoms with Crippen molar-refractivity contribution in [3.63, 3.8) is 0 Å². The van der Waals surface area contributed by atoms with Crippen molar-refractivity contribution >= 4 is 17.8 Å². The van der Waals surface area contributed by atoms with Gasteiger partial charge in [-0.25, -0.2) is 28.4 Å². The number of alkyl halides is 3. The number of nitrogens with one attached hydrogen (secondary N) is 1. The Labute approximate surface area is 172 Å². The largest absolute Gasteiger partial charge is 0.434 e. The summed E-state index contributed by atoms with van der Waals surface area (Å²) in [6, 6.07) is 1.95. The molecule has 0 atom stereocenters. The minimum absolute atomic E-state index is 0.136. The summed E-state index contributed by atoms with van der Waals surface area (Å²) in [6.07, 6.45) is -3.14. The van der Waals surface area contributed by atoms with Gasteiger partial charge in [-0.2, -0.15) is 13.2 Å². The van der Waals surface area contributed by atoms with Crippen molar-refractivity contribution in [1.82, 2.24) is 20.2 Å². The molecule has 2 aliphatic heterocycles. The van der Waals surface area contributed by atoms with Crippen LogP contribution >= 0.6 is 0 Å². The van der Waals surface area contributed by atoms with Crippen molar-refractivity contribution in [2.75, 3.05) is 18.0 Å². The fraction of sp³-hybridized carbons (Fsp3) is 0.368. The maximum absolute atomic E-state index is 13.6. The Hall–Kier alpha value is -3.15. The average molecular weight is 441 g/mol. The van der Waals surface area contributed by atoms with Gasteiger partial charge >= 0.3 is 12.2 Å². The molecule has 164 valence electrons. The summed E-state index contributed by atoms with van der Waals surface area (Å²) in [6.45, 7) is 0.545. The van der Waals surface area contributed by atoms with E-state index in [0.29, 0.717) is 36.4 Å². The van der Waals surface area contributed by atoms with E-state index >= 15 is 0 Å². The smallest absolute Gasteiger partial charge is 0.317 e. The molecule has 12 heteroatoms. The number of halogens is 5. The van der Waals surface area contributed by atoms with Gasteiger partial charge in [-0.05, 0) is 43.6 Å². The Bertz CT molecular complexity index is 1000. The van der Waals surface area contributed by atoms with Crippen molar-refractivity contribution in [2.24, 2.45) is 0 Å². The van der Waals surface area contributed by atoms with E-state index in [4.69, 9.17) is 0 Å². The molecule has 7 nitrogen and oxygen atoms in total. The van der Waals surface area contributed by atoms with Crippen LogP contribution in [-0.4, -0.2) is 45.4 Å². The van der Waals surface area contributed by atoms with Crippen molar-refractivity contribution in [3.8, 4) is 0 Å². The number of piperidine rings is 1. The molecule has 0 radical (unpaired) electrons. The number of hydrogen-bond acceptors (Lipinski definition) is 5. The molecule has 3 amide bonds. The van der Waals surface area contributed by atoms with E-state index in [1.165, 1.54) is 4.90 Å². The average Bonchev–Trinajstić information content (AvgIpc) is 2.89. The molecule has 2 saturated heterocycles. The second-order valence-corrected chi connectivity index (χ2v) is 7.33. The molecule has 31 heavy (non-hydrogen) atoms. The van der Waals surface area contributed by atoms with Gasteiger partial charge in [0.1, 0.15) is 17.2 Å². The molecular formula is C19H16F5N5O2. The SMILES string of the molecule is O=C1N(c2cnc(C(F)(F)F)cn2)C(=O)C2(CCNCC2)N1Cc1cc(F)cc(F)c1. The summed E-state index contributed by atoms with van der Waals surface area (Å²) >= 11 is 0. The van der Waals surface area contributed by atoms with Gasteiger partial charge in [0.25, 0.3) is 5.91 Å². The summed E-state index contributed by atoms with van der Waals surface area (Å²) in [4.78, 5) is 35.2. The van der Waals surface area contributed by atoms with E-state index in [1.807, 2.05) is 0 Å². The van der Waals surface area contributed by atoms with Crippen molar-refractivity contribution in [3.05, 3.63) is 53.5 Å². The van der Waals surface area contributed by atoms with Gasteiger partial charge in [0.05, 0.1) is 12.4 Å². The van der Waals surface area contributed by atoms with Crippen LogP contribution in [-0.2, 0) is 17.5 Å². The molecule has 2 fully saturated rings. The predicted octanol–water partition coefficient (Wildman–Crippen LogP) is 2.86. The van der Waals surface area contributed by atoms with Crippen molar-refractivity contribution in [1.29, 1.82) is 0 Å². The minimum atomic E-state index is -4.73. The first-order chi connectivity index (χ1) is 14.6. The van der Waals surface area contributed by atoms with Crippen LogP contribution in [0.3, 0.4) is 0 Å². The highest BCUT2D eigenvalue weighted by molar-refractivity contribution is 6.22. The number of carbonyl (C=O) groups is 2. The number of benzene rings is 1. The van der Waals surface area contributed by atoms with E-state index in [-0.39, 0.29) is 30.8 Å². The third-order valence-corrected chi connectivity index (χ3v) is 5.39. The molecule has 0 saturated carbocycles. The predicted molar refractivity (Wildman–Crippen MR) is 96.7 cm³/mol. The van der Waals surface area contributed by atoms with E-state index in [2.05, 4.69) is 15.3 Å². The van der Waals surface area contributed by atoms with Gasteiger partial charge in [0.15, 0.2) is 11.5 Å². The maximum atomic E-state index is 13.6. The molecule has 2 aromatic rings. The lowest BCUT2D eigenvalue weighted by atomic mass is 9.86. The number of amides is 3. The second-order valence-electron chi connectivity index (χ2n) is 7.33. The van der Waals surface area contributed by atoms with Crippen molar-refractivity contribution < 1.29 is 31.5 Å². The Balaban J connectivity index is 1.72. The number of urea groups is 1. The van der Waals surface area contributed by atoms with Crippen LogP contribution in [0.1, 0.15) is 24.1 Å². The molecule has 1 N–H and O–H groups in total. The molecule has 1 aromatic heterocycles. The highest BCUT2D eigenvalue weighted by atomic mass is 19.4. The Morgan fingerprint density at radius 3 is 2.19 bits per heavy atom. The molecule has 3 heterocycles. The van der Waals surface area contributed by atoms with Crippen LogP contribution in [0.2, 0.25) is 0 Å². The first-order valence-electron chi connectivity index (χ1n) is 9.33. The molecule has 1 aromatic carbocycles. The van der Waals surface area contributed by atoms with Crippen LogP contribution in [0.5, 0.6) is 0 Å². The van der Waals surface area contributed by atoms with E-state index < -0.39 is 41.0 Å². The minimum Gasteiger partial charge on any atom is -0.317 e. The van der Waals surface area contributed by atoms with E-state index in [9.17, 15) is 31.5 Å². The van der Waals surface area contributed by atoms with Crippen LogP contribution in [0.25, 0.3) is 0 Å². The Morgan fingerprint density at radius 2 is 1.65 bits per heavy atom. The monoisotopic (exact) mass is 441 g/mol. The number of hydrogen-bond donors (Lipinski definition) is 1. The molecule has 4 rings (SSSR count). The fourth-order valence-electron chi connectivity index (χ4n) is 3.93. The summed E-state index contributed by atoms with van der Waals surface area (Å²) in [5.41, 5.74) is -2.44. The molecule has 0 unspecified atom stereocenters. The summed E-state index contributed by atoms with van der Waals surface area (Å²) in [5, 5.41) is 3.07. The molecular weight excluding hydrogens is 425 g/mol. The Kier molecular flexibility index (Phi) is 5.12. The number of rotatable bonds is 3. The van der Waals surface area contributed by atoms with Gasteiger partial charge < -0.3 is 10.2 Å². The summed E-state index contributed by atoms with van der Waals surface area (Å²) < 4.78 is 65.6. The lowest BCUT2D eigenvalue weighted by Crippen LogP contribution is -2.55. The molecule has 1 spiro atoms. The number of imide groups is 1. The van der Waals surface area contributed by atoms with E-state index in [1.54, 1.807) is 0 Å². The molecule has 2 aliphatic rings.